The molecule has 0 aromatic rings. The van der Waals surface area contributed by atoms with Gasteiger partial charge < -0.3 is 27.9 Å². The van der Waals surface area contributed by atoms with E-state index in [9.17, 15) is 14.3 Å². The molecule has 0 aliphatic rings. The van der Waals surface area contributed by atoms with Crippen LogP contribution in [0.4, 0.5) is 0 Å². The van der Waals surface area contributed by atoms with E-state index < -0.39 is 13.9 Å². The van der Waals surface area contributed by atoms with Crippen molar-refractivity contribution in [2.75, 3.05) is 54.1 Å². The average molecular weight is 820 g/mol. The van der Waals surface area contributed by atoms with Gasteiger partial charge >= 0.3 is 5.97 Å². The molecule has 0 bridgehead atoms. The molecule has 330 valence electrons. The van der Waals surface area contributed by atoms with Gasteiger partial charge in [-0.05, 0) is 77.0 Å². The molecule has 57 heavy (non-hydrogen) atoms. The minimum atomic E-state index is -4.53. The van der Waals surface area contributed by atoms with Crippen molar-refractivity contribution in [2.24, 2.45) is 0 Å². The maximum atomic E-state index is 12.7. The smallest absolute Gasteiger partial charge is 0.306 e. The first-order chi connectivity index (χ1) is 27.6. The summed E-state index contributed by atoms with van der Waals surface area (Å²) in [4.78, 5) is 25.0. The fourth-order valence-corrected chi connectivity index (χ4v) is 6.48. The Labute approximate surface area is 351 Å². The van der Waals surface area contributed by atoms with E-state index in [1.807, 2.05) is 21.1 Å². The minimum Gasteiger partial charge on any atom is -0.756 e. The number of hydrogen-bond donors (Lipinski definition) is 0. The zero-order valence-electron chi connectivity index (χ0n) is 37.3. The van der Waals surface area contributed by atoms with Crippen LogP contribution in [0.3, 0.4) is 0 Å². The molecule has 0 aromatic heterocycles. The third-order valence-electron chi connectivity index (χ3n) is 9.22. The average Bonchev–Trinajstić information content (AvgIpc) is 3.16. The molecule has 8 nitrogen and oxygen atoms in total. The first-order valence-corrected chi connectivity index (χ1v) is 24.1. The molecule has 0 N–H and O–H groups in total. The zero-order valence-corrected chi connectivity index (χ0v) is 38.2. The van der Waals surface area contributed by atoms with Crippen molar-refractivity contribution in [2.45, 2.75) is 174 Å². The van der Waals surface area contributed by atoms with Crippen LogP contribution in [0.25, 0.3) is 0 Å². The highest BCUT2D eigenvalue weighted by atomic mass is 31.2. The van der Waals surface area contributed by atoms with Crippen LogP contribution in [-0.2, 0) is 27.9 Å². The van der Waals surface area contributed by atoms with Crippen LogP contribution in [0.1, 0.15) is 168 Å². The van der Waals surface area contributed by atoms with E-state index in [0.29, 0.717) is 24.1 Å². The van der Waals surface area contributed by atoms with Gasteiger partial charge in [-0.3, -0.25) is 9.36 Å². The van der Waals surface area contributed by atoms with Gasteiger partial charge in [-0.2, -0.15) is 0 Å². The molecule has 0 aliphatic carbocycles. The fraction of sp³-hybridized carbons (Fsp3) is 0.729. The standard InChI is InChI=1S/C48H86NO7P/c1-6-8-10-12-14-16-18-20-21-22-23-24-25-26-27-28-30-32-34-36-38-40-43-53-45-47(46-55-57(51,52)54-44-42-49(3,4)5)56-48(50)41-39-37-35-33-31-29-19-17-15-13-11-9-7-2/h8,10-11,13-14,16-17,19-21,23-24,47H,6-7,9,12,15,18,22,25-46H2,1-5H3/b10-8-,13-11-,16-14-,19-17-,21-20-,24-23-. The van der Waals surface area contributed by atoms with E-state index in [0.717, 1.165) is 89.9 Å². The van der Waals surface area contributed by atoms with Crippen molar-refractivity contribution < 1.29 is 37.3 Å². The number of carbonyl (C=O) groups excluding carboxylic acids is 1. The molecular weight excluding hydrogens is 734 g/mol. The van der Waals surface area contributed by atoms with Crippen molar-refractivity contribution in [3.63, 3.8) is 0 Å². The van der Waals surface area contributed by atoms with E-state index >= 15 is 0 Å². The predicted octanol–water partition coefficient (Wildman–Crippen LogP) is 12.9. The lowest BCUT2D eigenvalue weighted by Crippen LogP contribution is -2.37. The molecule has 0 radical (unpaired) electrons. The Morgan fingerprint density at radius 3 is 1.53 bits per heavy atom. The summed E-state index contributed by atoms with van der Waals surface area (Å²) < 4.78 is 34.6. The number of esters is 1. The van der Waals surface area contributed by atoms with E-state index in [1.54, 1.807) is 0 Å². The van der Waals surface area contributed by atoms with Gasteiger partial charge in [0, 0.05) is 13.0 Å². The number of hydrogen-bond acceptors (Lipinski definition) is 7. The third kappa shape index (κ3) is 44.9. The Bertz CT molecular complexity index is 1140. The first kappa shape index (κ1) is 54.9. The normalized spacial score (nSPS) is 14.4. The monoisotopic (exact) mass is 820 g/mol. The summed E-state index contributed by atoms with van der Waals surface area (Å²) in [5.74, 6) is -0.354. The van der Waals surface area contributed by atoms with Gasteiger partial charge in [-0.25, -0.2) is 0 Å². The fourth-order valence-electron chi connectivity index (χ4n) is 5.75. The summed E-state index contributed by atoms with van der Waals surface area (Å²) in [6.45, 7) is 5.18. The topological polar surface area (TPSA) is 94.1 Å². The molecule has 0 heterocycles. The van der Waals surface area contributed by atoms with Gasteiger partial charge in [0.1, 0.15) is 19.3 Å². The zero-order chi connectivity index (χ0) is 42.0. The molecule has 0 aromatic carbocycles. The summed E-state index contributed by atoms with van der Waals surface area (Å²) in [5.41, 5.74) is 0. The largest absolute Gasteiger partial charge is 0.756 e. The summed E-state index contributed by atoms with van der Waals surface area (Å²) in [6.07, 6.45) is 52.0. The number of phosphoric ester groups is 1. The molecule has 9 heteroatoms. The van der Waals surface area contributed by atoms with Gasteiger partial charge in [-0.15, -0.1) is 0 Å². The van der Waals surface area contributed by atoms with Gasteiger partial charge in [-0.1, -0.05) is 157 Å². The Morgan fingerprint density at radius 2 is 1.02 bits per heavy atom. The number of allylic oxidation sites excluding steroid dienone is 12. The Hall–Kier alpha value is -2.06. The SMILES string of the molecule is CC/C=C\C/C=C\C/C=C\C/C=C\CCCCCCCCCCCOCC(COP(=O)([O-])OCC[N+](C)(C)C)OC(=O)CCCCCCC/C=C\C/C=C\CCC. The van der Waals surface area contributed by atoms with Gasteiger partial charge in [0.25, 0.3) is 7.82 Å². The van der Waals surface area contributed by atoms with Crippen molar-refractivity contribution in [1.29, 1.82) is 0 Å². The predicted molar refractivity (Wildman–Crippen MR) is 240 cm³/mol. The summed E-state index contributed by atoms with van der Waals surface area (Å²) in [5, 5.41) is 0. The number of quaternary nitrogens is 1. The van der Waals surface area contributed by atoms with E-state index in [1.165, 1.54) is 57.8 Å². The highest BCUT2D eigenvalue weighted by Crippen LogP contribution is 2.38. The Balaban J connectivity index is 4.20. The van der Waals surface area contributed by atoms with Gasteiger partial charge in [0.2, 0.25) is 0 Å². The summed E-state index contributed by atoms with van der Waals surface area (Å²) in [6, 6.07) is 0. The second kappa shape index (κ2) is 40.7. The van der Waals surface area contributed by atoms with Crippen molar-refractivity contribution in [3.8, 4) is 0 Å². The van der Waals surface area contributed by atoms with E-state index in [2.05, 4.69) is 86.8 Å². The van der Waals surface area contributed by atoms with Crippen molar-refractivity contribution in [1.82, 2.24) is 0 Å². The minimum absolute atomic E-state index is 0.0184. The van der Waals surface area contributed by atoms with E-state index in [4.69, 9.17) is 18.5 Å². The molecule has 0 saturated carbocycles. The van der Waals surface area contributed by atoms with Crippen molar-refractivity contribution in [3.05, 3.63) is 72.9 Å². The molecule has 0 saturated heterocycles. The second-order valence-corrected chi connectivity index (χ2v) is 17.4. The second-order valence-electron chi connectivity index (χ2n) is 16.0. The van der Waals surface area contributed by atoms with Crippen LogP contribution in [0.5, 0.6) is 0 Å². The summed E-state index contributed by atoms with van der Waals surface area (Å²) in [7, 11) is 1.33. The van der Waals surface area contributed by atoms with Crippen LogP contribution in [0, 0.1) is 0 Å². The summed E-state index contributed by atoms with van der Waals surface area (Å²) >= 11 is 0. The Morgan fingerprint density at radius 1 is 0.561 bits per heavy atom. The number of unbranched alkanes of at least 4 members (excludes halogenated alkanes) is 15. The lowest BCUT2D eigenvalue weighted by molar-refractivity contribution is -0.870. The number of phosphoric acid groups is 1. The first-order valence-electron chi connectivity index (χ1n) is 22.7. The molecule has 0 rings (SSSR count). The number of nitrogens with zero attached hydrogens (tertiary/aromatic N) is 1. The van der Waals surface area contributed by atoms with Crippen molar-refractivity contribution >= 4 is 13.8 Å². The van der Waals surface area contributed by atoms with Crippen LogP contribution >= 0.6 is 7.82 Å². The van der Waals surface area contributed by atoms with Crippen LogP contribution in [0.2, 0.25) is 0 Å². The van der Waals surface area contributed by atoms with Gasteiger partial charge in [0.05, 0.1) is 34.4 Å². The molecule has 0 fully saturated rings. The molecular formula is C48H86NO7P. The quantitative estimate of drug-likeness (QED) is 0.0199. The number of rotatable bonds is 41. The maximum absolute atomic E-state index is 12.7. The van der Waals surface area contributed by atoms with Gasteiger partial charge in [0.15, 0.2) is 0 Å². The third-order valence-corrected chi connectivity index (χ3v) is 10.2. The van der Waals surface area contributed by atoms with E-state index in [-0.39, 0.29) is 25.8 Å². The van der Waals surface area contributed by atoms with Crippen LogP contribution < -0.4 is 4.89 Å². The highest BCUT2D eigenvalue weighted by molar-refractivity contribution is 7.45. The molecule has 0 amide bonds. The molecule has 2 unspecified atom stereocenters. The van der Waals surface area contributed by atoms with Crippen LogP contribution in [-0.4, -0.2) is 70.7 Å². The number of likely N-dealkylation sites (N-methyl/N-ethyl adjacent to an activating group) is 1. The lowest BCUT2D eigenvalue weighted by Gasteiger charge is -2.28. The molecule has 0 aliphatic heterocycles. The number of ether oxygens (including phenoxy) is 2. The maximum Gasteiger partial charge on any atom is 0.306 e. The Kier molecular flexibility index (Phi) is 39.2. The molecule has 0 spiro atoms. The van der Waals surface area contributed by atoms with Crippen LogP contribution in [0.15, 0.2) is 72.9 Å². The molecule has 2 atom stereocenters. The highest BCUT2D eigenvalue weighted by Gasteiger charge is 2.20. The lowest BCUT2D eigenvalue weighted by atomic mass is 10.1. The number of carbonyl (C=O) groups is 1.